The fourth-order valence-electron chi connectivity index (χ4n) is 4.35. The molecule has 1 aromatic carbocycles. The summed E-state index contributed by atoms with van der Waals surface area (Å²) >= 11 is 0. The van der Waals surface area contributed by atoms with E-state index in [0.29, 0.717) is 50.3 Å². The summed E-state index contributed by atoms with van der Waals surface area (Å²) in [4.78, 5) is 30.7. The number of carbonyl (C=O) groups excluding carboxylic acids is 2. The summed E-state index contributed by atoms with van der Waals surface area (Å²) in [5.41, 5.74) is 4.14. The fraction of sp³-hybridized carbons (Fsp3) is 0.435. The van der Waals surface area contributed by atoms with E-state index < -0.39 is 0 Å². The molecule has 0 fully saturated rings. The van der Waals surface area contributed by atoms with Crippen molar-refractivity contribution in [3.05, 3.63) is 52.2 Å². The van der Waals surface area contributed by atoms with Gasteiger partial charge in [0.25, 0.3) is 5.91 Å². The third-order valence-electron chi connectivity index (χ3n) is 6.05. The fourth-order valence-corrected chi connectivity index (χ4v) is 4.35. The van der Waals surface area contributed by atoms with Crippen molar-refractivity contribution >= 4 is 22.7 Å². The molecule has 3 aromatic rings. The van der Waals surface area contributed by atoms with E-state index in [4.69, 9.17) is 4.74 Å². The third kappa shape index (κ3) is 4.12. The lowest BCUT2D eigenvalue weighted by molar-refractivity contribution is -0.131. The number of carbonyl (C=O) groups is 2. The zero-order valence-electron chi connectivity index (χ0n) is 18.6. The molecule has 1 aliphatic rings. The van der Waals surface area contributed by atoms with Gasteiger partial charge in [-0.05, 0) is 25.0 Å². The predicted octanol–water partition coefficient (Wildman–Crippen LogP) is 2.24. The van der Waals surface area contributed by atoms with Crippen molar-refractivity contribution in [3.8, 4) is 0 Å². The lowest BCUT2D eigenvalue weighted by Gasteiger charge is -2.28. The number of aromatic amines is 1. The van der Waals surface area contributed by atoms with E-state index in [2.05, 4.69) is 15.4 Å². The van der Waals surface area contributed by atoms with Crippen LogP contribution in [0.2, 0.25) is 0 Å². The number of fused-ring (bicyclic) bond motifs is 2. The number of methoxy groups -OCH3 is 1. The number of aryl methyl sites for hydroxylation is 2. The molecule has 0 radical (unpaired) electrons. The predicted molar refractivity (Wildman–Crippen MR) is 118 cm³/mol. The summed E-state index contributed by atoms with van der Waals surface area (Å²) in [6.07, 6.45) is 1.51. The van der Waals surface area contributed by atoms with Gasteiger partial charge in [0.15, 0.2) is 5.69 Å². The molecule has 4 rings (SSSR count). The molecule has 2 aromatic heterocycles. The van der Waals surface area contributed by atoms with Gasteiger partial charge in [-0.2, -0.15) is 5.10 Å². The first-order valence-corrected chi connectivity index (χ1v) is 10.8. The Hall–Kier alpha value is -3.20. The molecule has 0 aliphatic carbocycles. The Morgan fingerprint density at radius 1 is 1.34 bits per heavy atom. The number of ether oxygens (including phenoxy) is 1. The van der Waals surface area contributed by atoms with Gasteiger partial charge >= 0.3 is 0 Å². The van der Waals surface area contributed by atoms with Crippen LogP contribution in [0.5, 0.6) is 0 Å². The molecule has 2 amide bonds. The highest BCUT2D eigenvalue weighted by Gasteiger charge is 2.29. The van der Waals surface area contributed by atoms with E-state index in [1.54, 1.807) is 22.8 Å². The van der Waals surface area contributed by atoms with Crippen LogP contribution in [0.1, 0.15) is 39.4 Å². The normalized spacial score (nSPS) is 13.4. The van der Waals surface area contributed by atoms with Gasteiger partial charge in [0, 0.05) is 69.2 Å². The van der Waals surface area contributed by atoms with E-state index in [-0.39, 0.29) is 24.1 Å². The molecule has 1 aliphatic heterocycles. The van der Waals surface area contributed by atoms with E-state index >= 15 is 0 Å². The highest BCUT2D eigenvalue weighted by Crippen LogP contribution is 2.27. The zero-order valence-corrected chi connectivity index (χ0v) is 18.6. The smallest absolute Gasteiger partial charge is 0.272 e. The van der Waals surface area contributed by atoms with E-state index in [9.17, 15) is 14.0 Å². The number of halogens is 1. The summed E-state index contributed by atoms with van der Waals surface area (Å²) < 4.78 is 20.9. The number of hydrogen-bond donors (Lipinski definition) is 2. The maximum atomic E-state index is 14.1. The molecule has 0 unspecified atom stereocenters. The number of nitrogens with zero attached hydrogens (tertiary/aromatic N) is 3. The summed E-state index contributed by atoms with van der Waals surface area (Å²) in [7, 11) is 3.44. The summed E-state index contributed by atoms with van der Waals surface area (Å²) in [5, 5.41) is 8.01. The monoisotopic (exact) mass is 441 g/mol. The number of para-hydroxylation sites is 1. The van der Waals surface area contributed by atoms with Crippen LogP contribution in [-0.2, 0) is 36.0 Å². The number of amides is 2. The second-order valence-corrected chi connectivity index (χ2v) is 8.13. The highest BCUT2D eigenvalue weighted by atomic mass is 19.1. The van der Waals surface area contributed by atoms with Gasteiger partial charge in [-0.25, -0.2) is 4.39 Å². The molecule has 0 saturated carbocycles. The standard InChI is InChI=1S/C23H28FN5O3/c1-14-16(15-6-4-7-18(24)21(15)26-14)12-20(30)29-10-8-19-17(13-29)22(27-28(19)2)23(31)25-9-5-11-32-3/h4,6-7,26H,5,8-13H2,1-3H3,(H,25,31). The first kappa shape index (κ1) is 22.0. The average Bonchev–Trinajstić information content (AvgIpc) is 3.28. The zero-order chi connectivity index (χ0) is 22.8. The van der Waals surface area contributed by atoms with Crippen LogP contribution >= 0.6 is 0 Å². The quantitative estimate of drug-likeness (QED) is 0.550. The molecule has 0 bridgehead atoms. The summed E-state index contributed by atoms with van der Waals surface area (Å²) in [5.74, 6) is -0.627. The van der Waals surface area contributed by atoms with Gasteiger partial charge in [0.05, 0.1) is 11.9 Å². The van der Waals surface area contributed by atoms with Crippen molar-refractivity contribution in [2.24, 2.45) is 7.05 Å². The van der Waals surface area contributed by atoms with Crippen molar-refractivity contribution in [2.75, 3.05) is 26.8 Å². The molecule has 3 heterocycles. The molecule has 0 atom stereocenters. The average molecular weight is 442 g/mol. The van der Waals surface area contributed by atoms with Crippen molar-refractivity contribution in [2.45, 2.75) is 32.7 Å². The molecule has 32 heavy (non-hydrogen) atoms. The largest absolute Gasteiger partial charge is 0.385 e. The van der Waals surface area contributed by atoms with Crippen LogP contribution in [0.25, 0.3) is 10.9 Å². The molecule has 2 N–H and O–H groups in total. The van der Waals surface area contributed by atoms with Gasteiger partial charge in [0.2, 0.25) is 5.91 Å². The molecule has 0 saturated heterocycles. The number of H-pyrrole nitrogens is 1. The highest BCUT2D eigenvalue weighted by molar-refractivity contribution is 5.94. The second-order valence-electron chi connectivity index (χ2n) is 8.13. The van der Waals surface area contributed by atoms with Crippen LogP contribution in [0, 0.1) is 12.7 Å². The van der Waals surface area contributed by atoms with Crippen molar-refractivity contribution in [1.82, 2.24) is 25.0 Å². The van der Waals surface area contributed by atoms with E-state index in [0.717, 1.165) is 27.9 Å². The van der Waals surface area contributed by atoms with Crippen LogP contribution < -0.4 is 5.32 Å². The van der Waals surface area contributed by atoms with Gasteiger partial charge in [-0.15, -0.1) is 0 Å². The van der Waals surface area contributed by atoms with Crippen LogP contribution in [0.15, 0.2) is 18.2 Å². The second kappa shape index (κ2) is 9.12. The Balaban J connectivity index is 1.51. The van der Waals surface area contributed by atoms with Crippen molar-refractivity contribution < 1.29 is 18.7 Å². The minimum Gasteiger partial charge on any atom is -0.385 e. The third-order valence-corrected chi connectivity index (χ3v) is 6.05. The van der Waals surface area contributed by atoms with Gasteiger partial charge in [-0.1, -0.05) is 12.1 Å². The molecule has 170 valence electrons. The van der Waals surface area contributed by atoms with Gasteiger partial charge in [0.1, 0.15) is 5.82 Å². The summed E-state index contributed by atoms with van der Waals surface area (Å²) in [6.45, 7) is 3.80. The Morgan fingerprint density at radius 3 is 2.94 bits per heavy atom. The number of hydrogen-bond acceptors (Lipinski definition) is 4. The van der Waals surface area contributed by atoms with E-state index in [1.165, 1.54) is 6.07 Å². The number of nitrogens with one attached hydrogen (secondary N) is 2. The van der Waals surface area contributed by atoms with Gasteiger partial charge < -0.3 is 19.9 Å². The van der Waals surface area contributed by atoms with Crippen LogP contribution in [0.3, 0.4) is 0 Å². The Bertz CT molecular complexity index is 1170. The Labute approximate surface area is 185 Å². The molecular formula is C23H28FN5O3. The van der Waals surface area contributed by atoms with Crippen molar-refractivity contribution in [1.29, 1.82) is 0 Å². The molecule has 8 nitrogen and oxygen atoms in total. The maximum Gasteiger partial charge on any atom is 0.272 e. The number of benzene rings is 1. The number of rotatable bonds is 7. The minimum absolute atomic E-state index is 0.0563. The SMILES string of the molecule is COCCCNC(=O)c1nn(C)c2c1CN(C(=O)Cc1c(C)[nH]c3c(F)cccc13)CC2. The first-order valence-electron chi connectivity index (χ1n) is 10.8. The Kier molecular flexibility index (Phi) is 6.27. The first-order chi connectivity index (χ1) is 15.4. The molecule has 0 spiro atoms. The van der Waals surface area contributed by atoms with Crippen LogP contribution in [0.4, 0.5) is 4.39 Å². The maximum absolute atomic E-state index is 14.1. The van der Waals surface area contributed by atoms with E-state index in [1.807, 2.05) is 20.0 Å². The molecule has 9 heteroatoms. The topological polar surface area (TPSA) is 92.2 Å². The lowest BCUT2D eigenvalue weighted by atomic mass is 10.0. The molecular weight excluding hydrogens is 413 g/mol. The van der Waals surface area contributed by atoms with Crippen LogP contribution in [-0.4, -0.2) is 58.3 Å². The van der Waals surface area contributed by atoms with Gasteiger partial charge in [-0.3, -0.25) is 14.3 Å². The minimum atomic E-state index is -0.330. The lowest BCUT2D eigenvalue weighted by Crippen LogP contribution is -2.38. The number of aromatic nitrogens is 3. The summed E-state index contributed by atoms with van der Waals surface area (Å²) in [6, 6.07) is 4.88. The van der Waals surface area contributed by atoms with Crippen molar-refractivity contribution in [3.63, 3.8) is 0 Å². The Morgan fingerprint density at radius 2 is 2.16 bits per heavy atom.